The van der Waals surface area contributed by atoms with Gasteiger partial charge in [-0.3, -0.25) is 0 Å². The summed E-state index contributed by atoms with van der Waals surface area (Å²) in [7, 11) is 1.16. The van der Waals surface area contributed by atoms with Crippen LogP contribution in [0.25, 0.3) is 5.65 Å². The summed E-state index contributed by atoms with van der Waals surface area (Å²) in [6, 6.07) is 2.54. The Kier molecular flexibility index (Phi) is 2.72. The van der Waals surface area contributed by atoms with E-state index in [1.54, 1.807) is 0 Å². The van der Waals surface area contributed by atoms with E-state index in [2.05, 4.69) is 14.8 Å². The molecule has 5 nitrogen and oxygen atoms in total. The fraction of sp³-hybridized carbons (Fsp3) is 0.300. The molecule has 18 heavy (non-hydrogen) atoms. The number of nitrogens with zero attached hydrogens (tertiary/aromatic N) is 3. The van der Waals surface area contributed by atoms with Crippen LogP contribution in [0.2, 0.25) is 0 Å². The molecular weight excluding hydrogens is 251 g/mol. The second-order valence-electron chi connectivity index (χ2n) is 3.52. The number of hydrogen-bond acceptors (Lipinski definition) is 4. The zero-order valence-electron chi connectivity index (χ0n) is 9.45. The van der Waals surface area contributed by atoms with Gasteiger partial charge in [-0.05, 0) is 19.1 Å². The van der Waals surface area contributed by atoms with Crippen molar-refractivity contribution in [3.63, 3.8) is 0 Å². The molecule has 0 amide bonds. The number of alkyl halides is 3. The Labute approximate surface area is 99.2 Å². The molecule has 0 saturated carbocycles. The summed E-state index contributed by atoms with van der Waals surface area (Å²) in [4.78, 5) is 14.7. The van der Waals surface area contributed by atoms with Gasteiger partial charge >= 0.3 is 12.1 Å². The largest absolute Gasteiger partial charge is 0.464 e. The highest BCUT2D eigenvalue weighted by Crippen LogP contribution is 2.31. The van der Waals surface area contributed by atoms with Gasteiger partial charge in [-0.2, -0.15) is 18.3 Å². The van der Waals surface area contributed by atoms with Crippen LogP contribution in [-0.4, -0.2) is 27.7 Å². The fourth-order valence-corrected chi connectivity index (χ4v) is 1.53. The number of hydrogen-bond donors (Lipinski definition) is 0. The lowest BCUT2D eigenvalue weighted by Crippen LogP contribution is -2.09. The Bertz CT molecular complexity index is 619. The molecule has 0 aliphatic rings. The maximum absolute atomic E-state index is 12.6. The molecule has 0 aromatic carbocycles. The van der Waals surface area contributed by atoms with E-state index < -0.39 is 17.8 Å². The molecule has 0 aliphatic carbocycles. The van der Waals surface area contributed by atoms with Crippen molar-refractivity contribution < 1.29 is 22.7 Å². The van der Waals surface area contributed by atoms with E-state index in [0.29, 0.717) is 0 Å². The smallest absolute Gasteiger partial charge is 0.435 e. The average molecular weight is 259 g/mol. The van der Waals surface area contributed by atoms with E-state index in [-0.39, 0.29) is 17.0 Å². The monoisotopic (exact) mass is 259 g/mol. The van der Waals surface area contributed by atoms with Crippen molar-refractivity contribution in [2.24, 2.45) is 0 Å². The van der Waals surface area contributed by atoms with Crippen LogP contribution in [0.1, 0.15) is 21.9 Å². The molecule has 2 aromatic heterocycles. The minimum Gasteiger partial charge on any atom is -0.464 e. The molecule has 2 rings (SSSR count). The Balaban J connectivity index is 2.64. The predicted molar refractivity (Wildman–Crippen MR) is 54.1 cm³/mol. The van der Waals surface area contributed by atoms with Crippen molar-refractivity contribution in [2.45, 2.75) is 13.1 Å². The lowest BCUT2D eigenvalue weighted by Gasteiger charge is -2.03. The molecule has 0 saturated heterocycles. The number of ether oxygens (including phenoxy) is 1. The number of fused-ring (bicyclic) bond motifs is 1. The van der Waals surface area contributed by atoms with Crippen LogP contribution < -0.4 is 0 Å². The lowest BCUT2D eigenvalue weighted by atomic mass is 10.3. The zero-order chi connectivity index (χ0) is 13.5. The number of methoxy groups -OCH3 is 1. The van der Waals surface area contributed by atoms with Crippen molar-refractivity contribution in [2.75, 3.05) is 7.11 Å². The third kappa shape index (κ3) is 1.89. The van der Waals surface area contributed by atoms with Gasteiger partial charge in [0, 0.05) is 0 Å². The zero-order valence-corrected chi connectivity index (χ0v) is 9.45. The molecule has 2 heterocycles. The first-order valence-electron chi connectivity index (χ1n) is 4.86. The highest BCUT2D eigenvalue weighted by Gasteiger charge is 2.36. The molecule has 0 N–H and O–H groups in total. The first-order valence-corrected chi connectivity index (χ1v) is 4.86. The van der Waals surface area contributed by atoms with Gasteiger partial charge < -0.3 is 4.74 Å². The Morgan fingerprint density at radius 2 is 2.06 bits per heavy atom. The molecule has 0 radical (unpaired) electrons. The summed E-state index contributed by atoms with van der Waals surface area (Å²) in [5.74, 6) is -0.724. The number of carbonyl (C=O) groups excluding carboxylic acids is 1. The number of halogens is 3. The van der Waals surface area contributed by atoms with Gasteiger partial charge in [-0.15, -0.1) is 0 Å². The maximum Gasteiger partial charge on any atom is 0.435 e. The van der Waals surface area contributed by atoms with Crippen molar-refractivity contribution in [3.05, 3.63) is 29.2 Å². The summed E-state index contributed by atoms with van der Waals surface area (Å²) in [5, 5.41) is 3.76. The van der Waals surface area contributed by atoms with E-state index in [9.17, 15) is 18.0 Å². The van der Waals surface area contributed by atoms with Crippen LogP contribution in [0, 0.1) is 6.92 Å². The van der Waals surface area contributed by atoms with Gasteiger partial charge in [0.2, 0.25) is 0 Å². The first kappa shape index (κ1) is 12.3. The number of esters is 1. The number of rotatable bonds is 1. The molecule has 96 valence electrons. The predicted octanol–water partition coefficient (Wildman–Crippen LogP) is 1.84. The quantitative estimate of drug-likeness (QED) is 0.733. The summed E-state index contributed by atoms with van der Waals surface area (Å²) < 4.78 is 43.3. The van der Waals surface area contributed by atoms with Crippen LogP contribution in [0.3, 0.4) is 0 Å². The van der Waals surface area contributed by atoms with Gasteiger partial charge in [0.1, 0.15) is 0 Å². The number of carbonyl (C=O) groups is 1. The fourth-order valence-electron chi connectivity index (χ4n) is 1.53. The summed E-state index contributed by atoms with van der Waals surface area (Å²) in [6.45, 7) is 1.23. The SMILES string of the molecule is COC(=O)c1ccc2nc(C(F)(F)F)c(C)n2n1. The van der Waals surface area contributed by atoms with Gasteiger partial charge in [0.25, 0.3) is 0 Å². The highest BCUT2D eigenvalue weighted by atomic mass is 19.4. The van der Waals surface area contributed by atoms with Crippen LogP contribution in [-0.2, 0) is 10.9 Å². The summed E-state index contributed by atoms with van der Waals surface area (Å²) in [6.07, 6.45) is -4.55. The third-order valence-electron chi connectivity index (χ3n) is 2.36. The molecule has 0 fully saturated rings. The molecule has 0 atom stereocenters. The Hall–Kier alpha value is -2.12. The van der Waals surface area contributed by atoms with Crippen LogP contribution in [0.4, 0.5) is 13.2 Å². The number of aromatic nitrogens is 3. The minimum atomic E-state index is -4.55. The van der Waals surface area contributed by atoms with Gasteiger partial charge in [0.15, 0.2) is 17.0 Å². The lowest BCUT2D eigenvalue weighted by molar-refractivity contribution is -0.141. The highest BCUT2D eigenvalue weighted by molar-refractivity contribution is 5.87. The third-order valence-corrected chi connectivity index (χ3v) is 2.36. The first-order chi connectivity index (χ1) is 8.34. The summed E-state index contributed by atoms with van der Waals surface area (Å²) in [5.41, 5.74) is -1.26. The topological polar surface area (TPSA) is 56.5 Å². The van der Waals surface area contributed by atoms with Crippen molar-refractivity contribution in [3.8, 4) is 0 Å². The van der Waals surface area contributed by atoms with Crippen molar-refractivity contribution in [1.82, 2.24) is 14.6 Å². The molecule has 0 aliphatic heterocycles. The van der Waals surface area contributed by atoms with Gasteiger partial charge in [-0.1, -0.05) is 0 Å². The minimum absolute atomic E-state index is 0.0208. The molecule has 0 bridgehead atoms. The van der Waals surface area contributed by atoms with Gasteiger partial charge in [-0.25, -0.2) is 14.3 Å². The number of imidazole rings is 1. The Morgan fingerprint density at radius 3 is 2.61 bits per heavy atom. The normalized spacial score (nSPS) is 11.8. The molecular formula is C10H8F3N3O2. The van der Waals surface area contributed by atoms with E-state index in [4.69, 9.17) is 0 Å². The second-order valence-corrected chi connectivity index (χ2v) is 3.52. The Morgan fingerprint density at radius 1 is 1.39 bits per heavy atom. The van der Waals surface area contributed by atoms with Crippen LogP contribution in [0.5, 0.6) is 0 Å². The van der Waals surface area contributed by atoms with E-state index in [0.717, 1.165) is 11.6 Å². The van der Waals surface area contributed by atoms with Crippen LogP contribution in [0.15, 0.2) is 12.1 Å². The van der Waals surface area contributed by atoms with Crippen molar-refractivity contribution >= 4 is 11.6 Å². The number of aryl methyl sites for hydroxylation is 1. The standard InChI is InChI=1S/C10H8F3N3O2/c1-5-8(10(11,12)13)14-7-4-3-6(9(17)18-2)15-16(5)7/h3-4H,1-2H3. The second kappa shape index (κ2) is 3.97. The van der Waals surface area contributed by atoms with Crippen LogP contribution >= 0.6 is 0 Å². The molecule has 2 aromatic rings. The molecule has 8 heteroatoms. The van der Waals surface area contributed by atoms with E-state index in [1.807, 2.05) is 0 Å². The average Bonchev–Trinajstić information content (AvgIpc) is 2.65. The van der Waals surface area contributed by atoms with Gasteiger partial charge in [0.05, 0.1) is 12.8 Å². The van der Waals surface area contributed by atoms with E-state index >= 15 is 0 Å². The van der Waals surface area contributed by atoms with E-state index in [1.165, 1.54) is 19.1 Å². The molecule has 0 spiro atoms. The maximum atomic E-state index is 12.6. The van der Waals surface area contributed by atoms with Crippen molar-refractivity contribution in [1.29, 1.82) is 0 Å². The molecule has 0 unspecified atom stereocenters. The summed E-state index contributed by atoms with van der Waals surface area (Å²) >= 11 is 0.